The van der Waals surface area contributed by atoms with Crippen LogP contribution in [0.2, 0.25) is 0 Å². The van der Waals surface area contributed by atoms with Gasteiger partial charge < -0.3 is 44.4 Å². The number of amides is 4. The van der Waals surface area contributed by atoms with Crippen LogP contribution < -0.4 is 15.4 Å². The summed E-state index contributed by atoms with van der Waals surface area (Å²) in [4.78, 5) is 68.2. The molecule has 0 radical (unpaired) electrons. The molecule has 60 heavy (non-hydrogen) atoms. The SMILES string of the molecule is CC[C@H](C)[C@H](NC(=O)OC)C(=O)N1CCC[C@H]1C1=NC=C(c2cc3c(cc2F)Cc2cc(-c4cnc([C@@H]5CCCN5C(=O)[C@@H](NC(=O)OC)[C@@H](CC)OC)[nH]4)ccc2O3)C1. The molecule has 0 spiro atoms. The molecule has 4 aliphatic rings. The topological polar surface area (TPSA) is 177 Å². The van der Waals surface area contributed by atoms with Gasteiger partial charge in [-0.25, -0.2) is 19.0 Å². The number of halogens is 1. The number of allylic oxidation sites excluding steroid dienone is 1. The number of rotatable bonds is 13. The maximum Gasteiger partial charge on any atom is 0.407 e. The van der Waals surface area contributed by atoms with Gasteiger partial charge in [0.25, 0.3) is 0 Å². The Morgan fingerprint density at radius 2 is 1.55 bits per heavy atom. The lowest BCUT2D eigenvalue weighted by atomic mass is 9.93. The van der Waals surface area contributed by atoms with Crippen LogP contribution in [0, 0.1) is 11.7 Å². The number of hydrogen-bond donors (Lipinski definition) is 3. The van der Waals surface area contributed by atoms with Crippen molar-refractivity contribution >= 4 is 35.3 Å². The minimum Gasteiger partial charge on any atom is -0.457 e. The van der Waals surface area contributed by atoms with E-state index >= 15 is 4.39 Å². The van der Waals surface area contributed by atoms with Crippen molar-refractivity contribution in [3.05, 3.63) is 71.1 Å². The summed E-state index contributed by atoms with van der Waals surface area (Å²) < 4.78 is 37.5. The average molecular weight is 828 g/mol. The number of nitrogens with one attached hydrogen (secondary N) is 3. The first kappa shape index (κ1) is 42.4. The molecule has 0 bridgehead atoms. The summed E-state index contributed by atoms with van der Waals surface area (Å²) in [5, 5.41) is 5.38. The second-order valence-corrected chi connectivity index (χ2v) is 15.8. The van der Waals surface area contributed by atoms with Crippen LogP contribution >= 0.6 is 0 Å². The molecule has 0 unspecified atom stereocenters. The minimum absolute atomic E-state index is 0.0997. The van der Waals surface area contributed by atoms with Gasteiger partial charge in [-0.2, -0.15) is 0 Å². The molecule has 16 heteroatoms. The predicted molar refractivity (Wildman–Crippen MR) is 221 cm³/mol. The number of likely N-dealkylation sites (tertiary alicyclic amines) is 2. The zero-order valence-electron chi connectivity index (χ0n) is 35.0. The standard InChI is InChI=1S/C44H54FN7O8/c1-7-24(3)38(49-43(55)58-5)41(53)51-15-9-11-33(51)31-20-28(22-46-31)29-21-37-27(19-30(29)45)18-26-17-25(13-14-36(26)60-37)32-23-47-40(48-32)34-12-10-16-52(34)42(54)39(35(8-2)57-4)50-44(56)59-6/h13-14,17,19,21-24,33-35,38-39H,7-12,15-16,18,20H2,1-6H3,(H,47,48)(H,49,55)(H,50,56)/t24-,33-,34-,35+,38-,39-/m0/s1. The molecule has 0 aliphatic carbocycles. The van der Waals surface area contributed by atoms with Gasteiger partial charge in [0.15, 0.2) is 0 Å². The highest BCUT2D eigenvalue weighted by Gasteiger charge is 2.41. The van der Waals surface area contributed by atoms with E-state index in [-0.39, 0.29) is 35.6 Å². The van der Waals surface area contributed by atoms with Crippen molar-refractivity contribution < 1.29 is 42.5 Å². The molecule has 6 atom stereocenters. The molecule has 5 heterocycles. The van der Waals surface area contributed by atoms with Crippen molar-refractivity contribution in [3.8, 4) is 22.8 Å². The molecule has 1 aromatic heterocycles. The van der Waals surface area contributed by atoms with Gasteiger partial charge in [0.05, 0.1) is 44.3 Å². The van der Waals surface area contributed by atoms with E-state index in [1.54, 1.807) is 28.3 Å². The van der Waals surface area contributed by atoms with Crippen LogP contribution in [0.1, 0.15) is 94.3 Å². The lowest BCUT2D eigenvalue weighted by molar-refractivity contribution is -0.138. The van der Waals surface area contributed by atoms with Gasteiger partial charge >= 0.3 is 12.2 Å². The molecule has 2 saturated heterocycles. The fourth-order valence-electron chi connectivity index (χ4n) is 8.81. The van der Waals surface area contributed by atoms with Crippen LogP contribution in [-0.2, 0) is 30.2 Å². The third kappa shape index (κ3) is 8.47. The number of ether oxygens (including phenoxy) is 4. The Kier molecular flexibility index (Phi) is 12.9. The molecule has 3 N–H and O–H groups in total. The third-order valence-electron chi connectivity index (χ3n) is 12.3. The van der Waals surface area contributed by atoms with Gasteiger partial charge in [0.1, 0.15) is 35.2 Å². The van der Waals surface area contributed by atoms with Crippen LogP contribution in [0.4, 0.5) is 14.0 Å². The van der Waals surface area contributed by atoms with Crippen molar-refractivity contribution in [2.24, 2.45) is 10.9 Å². The van der Waals surface area contributed by atoms with E-state index in [1.165, 1.54) is 27.4 Å². The van der Waals surface area contributed by atoms with Gasteiger partial charge in [0, 0.05) is 61.6 Å². The Morgan fingerprint density at radius 1 is 0.883 bits per heavy atom. The zero-order valence-corrected chi connectivity index (χ0v) is 35.0. The Hall–Kier alpha value is -5.77. The van der Waals surface area contributed by atoms with E-state index in [0.29, 0.717) is 79.2 Å². The Bertz CT molecular complexity index is 2180. The molecule has 320 valence electrons. The third-order valence-corrected chi connectivity index (χ3v) is 12.3. The van der Waals surface area contributed by atoms with E-state index in [1.807, 2.05) is 39.0 Å². The maximum atomic E-state index is 16.0. The molecule has 2 fully saturated rings. The Morgan fingerprint density at radius 3 is 2.23 bits per heavy atom. The smallest absolute Gasteiger partial charge is 0.407 e. The number of aromatic amines is 1. The number of hydrogen-bond acceptors (Lipinski definition) is 10. The number of nitrogens with zero attached hydrogens (tertiary/aromatic N) is 4. The van der Waals surface area contributed by atoms with E-state index in [9.17, 15) is 19.2 Å². The average Bonchev–Trinajstić information content (AvgIpc) is 4.11. The number of imidazole rings is 1. The lowest BCUT2D eigenvalue weighted by Crippen LogP contribution is -2.54. The summed E-state index contributed by atoms with van der Waals surface area (Å²) >= 11 is 0. The number of benzene rings is 2. The van der Waals surface area contributed by atoms with Crippen molar-refractivity contribution in [1.82, 2.24) is 30.4 Å². The van der Waals surface area contributed by atoms with E-state index in [4.69, 9.17) is 23.9 Å². The lowest BCUT2D eigenvalue weighted by Gasteiger charge is -2.31. The molecular weight excluding hydrogens is 774 g/mol. The van der Waals surface area contributed by atoms with E-state index in [0.717, 1.165) is 41.8 Å². The van der Waals surface area contributed by atoms with Gasteiger partial charge in [-0.1, -0.05) is 27.2 Å². The number of carbonyl (C=O) groups excluding carboxylic acids is 4. The summed E-state index contributed by atoms with van der Waals surface area (Å²) in [5.41, 5.74) is 5.11. The first-order valence-corrected chi connectivity index (χ1v) is 20.7. The largest absolute Gasteiger partial charge is 0.457 e. The van der Waals surface area contributed by atoms with Gasteiger partial charge in [-0.05, 0) is 79.5 Å². The molecule has 15 nitrogen and oxygen atoms in total. The fourth-order valence-corrected chi connectivity index (χ4v) is 8.81. The molecule has 4 amide bonds. The van der Waals surface area contributed by atoms with Crippen LogP contribution in [0.25, 0.3) is 16.8 Å². The fraction of sp³-hybridized carbons (Fsp3) is 0.500. The first-order valence-electron chi connectivity index (χ1n) is 20.7. The zero-order chi connectivity index (χ0) is 42.7. The molecule has 4 aliphatic heterocycles. The normalized spacial score (nSPS) is 20.2. The summed E-state index contributed by atoms with van der Waals surface area (Å²) in [7, 11) is 4.04. The molecule has 3 aromatic rings. The van der Waals surface area contributed by atoms with Crippen LogP contribution in [0.15, 0.2) is 47.7 Å². The Labute approximate surface area is 349 Å². The van der Waals surface area contributed by atoms with Gasteiger partial charge in [0.2, 0.25) is 11.8 Å². The van der Waals surface area contributed by atoms with Crippen LogP contribution in [-0.4, -0.2) is 108 Å². The van der Waals surface area contributed by atoms with Crippen molar-refractivity contribution in [3.63, 3.8) is 0 Å². The quantitative estimate of drug-likeness (QED) is 0.133. The van der Waals surface area contributed by atoms with Gasteiger partial charge in [-0.15, -0.1) is 0 Å². The van der Waals surface area contributed by atoms with Crippen molar-refractivity contribution in [2.45, 2.75) is 102 Å². The number of carbonyl (C=O) groups is 4. The van der Waals surface area contributed by atoms with E-state index < -0.39 is 30.4 Å². The monoisotopic (exact) mass is 827 g/mol. The second kappa shape index (κ2) is 18.2. The van der Waals surface area contributed by atoms with Crippen LogP contribution in [0.5, 0.6) is 11.5 Å². The van der Waals surface area contributed by atoms with Crippen LogP contribution in [0.3, 0.4) is 0 Å². The number of fused-ring (bicyclic) bond motifs is 2. The number of aromatic nitrogens is 2. The predicted octanol–water partition coefficient (Wildman–Crippen LogP) is 6.67. The van der Waals surface area contributed by atoms with E-state index in [2.05, 4.69) is 20.6 Å². The highest BCUT2D eigenvalue weighted by Crippen LogP contribution is 2.42. The molecule has 2 aromatic carbocycles. The maximum absolute atomic E-state index is 16.0. The summed E-state index contributed by atoms with van der Waals surface area (Å²) in [5.74, 6) is 0.954. The summed E-state index contributed by atoms with van der Waals surface area (Å²) in [6, 6.07) is 6.87. The minimum atomic E-state index is -0.917. The molecule has 0 saturated carbocycles. The number of alkyl carbamates (subject to hydrolysis) is 2. The molecular formula is C44H54FN7O8. The van der Waals surface area contributed by atoms with Gasteiger partial charge in [-0.3, -0.25) is 14.6 Å². The summed E-state index contributed by atoms with van der Waals surface area (Å²) in [6.45, 7) is 6.84. The number of aliphatic imine (C=N–C) groups is 1. The number of methoxy groups -OCH3 is 3. The van der Waals surface area contributed by atoms with Crippen molar-refractivity contribution in [1.29, 1.82) is 0 Å². The highest BCUT2D eigenvalue weighted by molar-refractivity contribution is 6.04. The number of H-pyrrole nitrogens is 1. The van der Waals surface area contributed by atoms with Crippen molar-refractivity contribution in [2.75, 3.05) is 34.4 Å². The molecule has 7 rings (SSSR count). The Balaban J connectivity index is 1.03. The summed E-state index contributed by atoms with van der Waals surface area (Å²) in [6.07, 6.45) is 6.59. The highest BCUT2D eigenvalue weighted by atomic mass is 19.1. The second-order valence-electron chi connectivity index (χ2n) is 15.8. The first-order chi connectivity index (χ1) is 29.0.